The van der Waals surface area contributed by atoms with Gasteiger partial charge in [-0.1, -0.05) is 11.2 Å². The van der Waals surface area contributed by atoms with Gasteiger partial charge in [-0.15, -0.1) is 0 Å². The maximum atomic E-state index is 12.2. The molecule has 2 aromatic rings. The molecule has 9 nitrogen and oxygen atoms in total. The van der Waals surface area contributed by atoms with Crippen LogP contribution >= 0.6 is 0 Å². The minimum absolute atomic E-state index is 0.264. The van der Waals surface area contributed by atoms with Crippen molar-refractivity contribution >= 4 is 27.6 Å². The molecule has 1 aromatic carbocycles. The monoisotopic (exact) mass is 367 g/mol. The third-order valence-corrected chi connectivity index (χ3v) is 4.71. The molecule has 2 amide bonds. The highest BCUT2D eigenvalue weighted by atomic mass is 32.2. The van der Waals surface area contributed by atoms with Crippen molar-refractivity contribution < 1.29 is 17.7 Å². The molecule has 0 atom stereocenters. The first-order valence-corrected chi connectivity index (χ1v) is 8.86. The van der Waals surface area contributed by atoms with Crippen LogP contribution in [0, 0.1) is 6.92 Å². The SMILES string of the molecule is Cc1cc(CN(C)C(=O)Nc2cccc(NS(=O)(=O)N(C)C)c2)on1. The van der Waals surface area contributed by atoms with Crippen molar-refractivity contribution in [1.82, 2.24) is 14.4 Å². The van der Waals surface area contributed by atoms with Crippen molar-refractivity contribution in [2.45, 2.75) is 13.5 Å². The van der Waals surface area contributed by atoms with Gasteiger partial charge in [0.05, 0.1) is 17.9 Å². The Hall–Kier alpha value is -2.59. The van der Waals surface area contributed by atoms with Crippen molar-refractivity contribution in [3.8, 4) is 0 Å². The van der Waals surface area contributed by atoms with Crippen LogP contribution in [-0.4, -0.2) is 50.0 Å². The molecule has 2 rings (SSSR count). The standard InChI is InChI=1S/C15H21N5O4S/c1-11-8-14(24-17-11)10-20(4)15(21)16-12-6-5-7-13(9-12)18-25(22,23)19(2)3/h5-9,18H,10H2,1-4H3,(H,16,21). The van der Waals surface area contributed by atoms with Gasteiger partial charge in [-0.2, -0.15) is 12.7 Å². The zero-order valence-electron chi connectivity index (χ0n) is 14.5. The van der Waals surface area contributed by atoms with E-state index < -0.39 is 10.2 Å². The first-order chi connectivity index (χ1) is 11.7. The van der Waals surface area contributed by atoms with Gasteiger partial charge in [-0.05, 0) is 25.1 Å². The zero-order chi connectivity index (χ0) is 18.6. The summed E-state index contributed by atoms with van der Waals surface area (Å²) in [6.07, 6.45) is 0. The number of hydrogen-bond donors (Lipinski definition) is 2. The van der Waals surface area contributed by atoms with Gasteiger partial charge in [0, 0.05) is 32.9 Å². The number of rotatable bonds is 6. The van der Waals surface area contributed by atoms with E-state index in [2.05, 4.69) is 15.2 Å². The lowest BCUT2D eigenvalue weighted by molar-refractivity contribution is 0.214. The van der Waals surface area contributed by atoms with Crippen LogP contribution in [0.2, 0.25) is 0 Å². The first kappa shape index (κ1) is 18.7. The quantitative estimate of drug-likeness (QED) is 0.810. The minimum Gasteiger partial charge on any atom is -0.359 e. The smallest absolute Gasteiger partial charge is 0.321 e. The van der Waals surface area contributed by atoms with E-state index in [-0.39, 0.29) is 12.6 Å². The molecule has 0 fully saturated rings. The van der Waals surface area contributed by atoms with Crippen molar-refractivity contribution in [2.24, 2.45) is 0 Å². The van der Waals surface area contributed by atoms with E-state index in [0.717, 1.165) is 10.00 Å². The fraction of sp³-hybridized carbons (Fsp3) is 0.333. The highest BCUT2D eigenvalue weighted by Gasteiger charge is 2.15. The van der Waals surface area contributed by atoms with Gasteiger partial charge < -0.3 is 14.7 Å². The van der Waals surface area contributed by atoms with E-state index in [9.17, 15) is 13.2 Å². The van der Waals surface area contributed by atoms with Crippen LogP contribution in [0.4, 0.5) is 16.2 Å². The van der Waals surface area contributed by atoms with Crippen LogP contribution in [0.15, 0.2) is 34.9 Å². The Kier molecular flexibility index (Phi) is 5.65. The molecule has 0 aliphatic carbocycles. The number of aromatic nitrogens is 1. The highest BCUT2D eigenvalue weighted by Crippen LogP contribution is 2.17. The van der Waals surface area contributed by atoms with Crippen molar-refractivity contribution in [3.63, 3.8) is 0 Å². The summed E-state index contributed by atoms with van der Waals surface area (Å²) in [6, 6.07) is 7.83. The Labute approximate surface area is 146 Å². The van der Waals surface area contributed by atoms with Crippen LogP contribution in [-0.2, 0) is 16.8 Å². The summed E-state index contributed by atoms with van der Waals surface area (Å²) in [4.78, 5) is 13.7. The maximum absolute atomic E-state index is 12.2. The molecule has 0 aliphatic rings. The average Bonchev–Trinajstić information content (AvgIpc) is 2.92. The molecule has 1 aromatic heterocycles. The number of carbonyl (C=O) groups is 1. The molecule has 0 aliphatic heterocycles. The molecule has 25 heavy (non-hydrogen) atoms. The topological polar surface area (TPSA) is 108 Å². The Balaban J connectivity index is 2.02. The van der Waals surface area contributed by atoms with Crippen LogP contribution in [0.25, 0.3) is 0 Å². The largest absolute Gasteiger partial charge is 0.359 e. The summed E-state index contributed by atoms with van der Waals surface area (Å²) in [5, 5.41) is 6.47. The second-order valence-electron chi connectivity index (χ2n) is 5.69. The highest BCUT2D eigenvalue weighted by molar-refractivity contribution is 7.90. The number of aryl methyl sites for hydroxylation is 1. The molecule has 10 heteroatoms. The van der Waals surface area contributed by atoms with Gasteiger partial charge in [-0.25, -0.2) is 4.79 Å². The summed E-state index contributed by atoms with van der Waals surface area (Å²) in [6.45, 7) is 2.06. The lowest BCUT2D eigenvalue weighted by Crippen LogP contribution is -2.31. The number of benzene rings is 1. The Morgan fingerprint density at radius 1 is 1.20 bits per heavy atom. The molecule has 0 radical (unpaired) electrons. The summed E-state index contributed by atoms with van der Waals surface area (Å²) < 4.78 is 32.3. The fourth-order valence-electron chi connectivity index (χ4n) is 1.92. The van der Waals surface area contributed by atoms with Gasteiger partial charge in [0.25, 0.3) is 0 Å². The predicted molar refractivity (Wildman–Crippen MR) is 94.4 cm³/mol. The van der Waals surface area contributed by atoms with Crippen LogP contribution < -0.4 is 10.0 Å². The molecule has 0 saturated heterocycles. The third-order valence-electron chi connectivity index (χ3n) is 3.26. The van der Waals surface area contributed by atoms with Gasteiger partial charge in [0.1, 0.15) is 0 Å². The Morgan fingerprint density at radius 3 is 2.48 bits per heavy atom. The van der Waals surface area contributed by atoms with E-state index in [0.29, 0.717) is 17.1 Å². The second-order valence-corrected chi connectivity index (χ2v) is 7.58. The molecule has 136 valence electrons. The molecule has 1 heterocycles. The van der Waals surface area contributed by atoms with Crippen molar-refractivity contribution in [3.05, 3.63) is 41.8 Å². The van der Waals surface area contributed by atoms with Gasteiger partial charge in [0.2, 0.25) is 0 Å². The Bertz CT molecular complexity index is 847. The number of carbonyl (C=O) groups excluding carboxylic acids is 1. The minimum atomic E-state index is -3.61. The van der Waals surface area contributed by atoms with Crippen molar-refractivity contribution in [2.75, 3.05) is 31.2 Å². The summed E-state index contributed by atoms with van der Waals surface area (Å²) >= 11 is 0. The van der Waals surface area contributed by atoms with E-state index in [4.69, 9.17) is 4.52 Å². The molecule has 0 saturated carbocycles. The molecular weight excluding hydrogens is 346 g/mol. The fourth-order valence-corrected chi connectivity index (χ4v) is 2.52. The zero-order valence-corrected chi connectivity index (χ0v) is 15.3. The number of anilines is 2. The van der Waals surface area contributed by atoms with Gasteiger partial charge >= 0.3 is 16.2 Å². The lowest BCUT2D eigenvalue weighted by atomic mass is 10.3. The second kappa shape index (κ2) is 7.53. The molecule has 0 spiro atoms. The normalized spacial score (nSPS) is 11.4. The molecule has 0 unspecified atom stereocenters. The summed E-state index contributed by atoms with van der Waals surface area (Å²) in [7, 11) is 0.856. The van der Waals surface area contributed by atoms with E-state index in [1.54, 1.807) is 38.2 Å². The lowest BCUT2D eigenvalue weighted by Gasteiger charge is -2.17. The molecular formula is C15H21N5O4S. The maximum Gasteiger partial charge on any atom is 0.321 e. The van der Waals surface area contributed by atoms with Crippen LogP contribution in [0.3, 0.4) is 0 Å². The number of hydrogen-bond acceptors (Lipinski definition) is 5. The summed E-state index contributed by atoms with van der Waals surface area (Å²) in [5.74, 6) is 0.572. The van der Waals surface area contributed by atoms with Gasteiger partial charge in [0.15, 0.2) is 5.76 Å². The number of nitrogens with one attached hydrogen (secondary N) is 2. The van der Waals surface area contributed by atoms with Crippen LogP contribution in [0.1, 0.15) is 11.5 Å². The van der Waals surface area contributed by atoms with E-state index in [1.807, 2.05) is 0 Å². The number of urea groups is 1. The molecule has 2 N–H and O–H groups in total. The number of nitrogens with zero attached hydrogens (tertiary/aromatic N) is 3. The first-order valence-electron chi connectivity index (χ1n) is 7.42. The predicted octanol–water partition coefficient (Wildman–Crippen LogP) is 1.87. The van der Waals surface area contributed by atoms with E-state index >= 15 is 0 Å². The van der Waals surface area contributed by atoms with Crippen molar-refractivity contribution in [1.29, 1.82) is 0 Å². The third kappa shape index (κ3) is 5.19. The number of amides is 2. The van der Waals surface area contributed by atoms with Gasteiger partial charge in [-0.3, -0.25) is 4.72 Å². The van der Waals surface area contributed by atoms with E-state index in [1.165, 1.54) is 25.1 Å². The molecule has 0 bridgehead atoms. The van der Waals surface area contributed by atoms with Crippen LogP contribution in [0.5, 0.6) is 0 Å². The average molecular weight is 367 g/mol. The Morgan fingerprint density at radius 2 is 1.88 bits per heavy atom. The summed E-state index contributed by atoms with van der Waals surface area (Å²) in [5.41, 5.74) is 1.55.